The van der Waals surface area contributed by atoms with E-state index in [1.54, 1.807) is 44.2 Å². The number of hydrogen-bond acceptors (Lipinski definition) is 8. The van der Waals surface area contributed by atoms with E-state index in [1.165, 1.54) is 15.9 Å². The number of amides is 5. The number of thiocarbonyl (C=S) groups is 1. The minimum absolute atomic E-state index is 0.00302. The number of urea groups is 1. The summed E-state index contributed by atoms with van der Waals surface area (Å²) in [6.45, 7) is 11.2. The second-order valence-electron chi connectivity index (χ2n) is 16.3. The van der Waals surface area contributed by atoms with Crippen molar-refractivity contribution in [3.8, 4) is 6.07 Å². The standard InChI is InChI=1S/C41H51F3N8O4S/c1-26-23-48(24-27(2)50(26)25-36(54)46-30-11-16-31(17-12-30)49-20-18-35(53)47-38(49)56)19-6-5-7-28-8-13-32(14-9-28)52-39(57)51(37(55)40(52,3)4)33-15-10-29(22-45)34(21-33)41(42,43)44/h10-12,15-17,21,26-28,32H,5-9,13-14,18-20,23-25H2,1-4H3,(H,46,54)(H,47,53,56)/t26-,27+,28-,32-. The van der Waals surface area contributed by atoms with Crippen LogP contribution in [0.1, 0.15) is 90.2 Å². The number of carbonyl (C=O) groups is 4. The van der Waals surface area contributed by atoms with E-state index < -0.39 is 28.9 Å². The number of anilines is 3. The number of alkyl halides is 3. The Morgan fingerprint density at radius 1 is 0.982 bits per heavy atom. The number of nitrogens with one attached hydrogen (secondary N) is 2. The van der Waals surface area contributed by atoms with E-state index in [4.69, 9.17) is 12.2 Å². The molecule has 0 radical (unpaired) electrons. The molecule has 57 heavy (non-hydrogen) atoms. The zero-order valence-corrected chi connectivity index (χ0v) is 33.7. The number of nitriles is 1. The number of piperazine rings is 1. The molecule has 2 N–H and O–H groups in total. The molecule has 3 saturated heterocycles. The quantitative estimate of drug-likeness (QED) is 0.193. The molecule has 1 saturated carbocycles. The van der Waals surface area contributed by atoms with Crippen molar-refractivity contribution in [2.75, 3.05) is 47.8 Å². The highest BCUT2D eigenvalue weighted by atomic mass is 32.1. The maximum atomic E-state index is 13.7. The number of benzene rings is 2. The molecule has 2 atom stereocenters. The van der Waals surface area contributed by atoms with Gasteiger partial charge in [0.15, 0.2) is 5.11 Å². The zero-order valence-electron chi connectivity index (χ0n) is 32.9. The number of carbonyl (C=O) groups excluding carboxylic acids is 4. The van der Waals surface area contributed by atoms with Gasteiger partial charge in [-0.3, -0.25) is 34.4 Å². The predicted octanol–water partition coefficient (Wildman–Crippen LogP) is 6.50. The van der Waals surface area contributed by atoms with Crippen LogP contribution in [0, 0.1) is 17.2 Å². The van der Waals surface area contributed by atoms with Gasteiger partial charge >= 0.3 is 12.2 Å². The molecule has 3 aliphatic heterocycles. The van der Waals surface area contributed by atoms with Gasteiger partial charge in [-0.15, -0.1) is 0 Å². The van der Waals surface area contributed by atoms with Crippen LogP contribution in [0.4, 0.5) is 35.0 Å². The Morgan fingerprint density at radius 3 is 2.25 bits per heavy atom. The van der Waals surface area contributed by atoms with Gasteiger partial charge in [0.1, 0.15) is 5.54 Å². The molecule has 12 nitrogen and oxygen atoms in total. The molecular weight excluding hydrogens is 758 g/mol. The van der Waals surface area contributed by atoms with Gasteiger partial charge < -0.3 is 15.1 Å². The minimum Gasteiger partial charge on any atom is -0.331 e. The van der Waals surface area contributed by atoms with Gasteiger partial charge in [-0.2, -0.15) is 18.4 Å². The average Bonchev–Trinajstić information content (AvgIpc) is 3.33. The van der Waals surface area contributed by atoms with E-state index in [0.29, 0.717) is 23.8 Å². The highest BCUT2D eigenvalue weighted by Gasteiger charge is 2.52. The van der Waals surface area contributed by atoms with Crippen LogP contribution in [0.3, 0.4) is 0 Å². The lowest BCUT2D eigenvalue weighted by Gasteiger charge is -2.44. The molecule has 0 unspecified atom stereocenters. The van der Waals surface area contributed by atoms with Crippen molar-refractivity contribution in [2.24, 2.45) is 5.92 Å². The summed E-state index contributed by atoms with van der Waals surface area (Å²) in [5.41, 5.74) is -1.30. The van der Waals surface area contributed by atoms with Crippen LogP contribution in [0.15, 0.2) is 42.5 Å². The number of halogens is 3. The molecule has 3 heterocycles. The Morgan fingerprint density at radius 2 is 1.63 bits per heavy atom. The van der Waals surface area contributed by atoms with Crippen molar-refractivity contribution >= 4 is 58.1 Å². The van der Waals surface area contributed by atoms with Crippen LogP contribution < -0.4 is 20.4 Å². The number of imide groups is 1. The predicted molar refractivity (Wildman–Crippen MR) is 214 cm³/mol. The first-order valence-electron chi connectivity index (χ1n) is 19.8. The van der Waals surface area contributed by atoms with Gasteiger partial charge in [0.25, 0.3) is 5.91 Å². The first kappa shape index (κ1) is 42.0. The molecule has 16 heteroatoms. The van der Waals surface area contributed by atoms with Gasteiger partial charge in [-0.05, 0) is 127 Å². The Kier molecular flexibility index (Phi) is 12.6. The third-order valence-electron chi connectivity index (χ3n) is 12.0. The molecular formula is C41H51F3N8O4S. The first-order valence-corrected chi connectivity index (χ1v) is 20.2. The van der Waals surface area contributed by atoms with Gasteiger partial charge in [0.05, 0.1) is 29.4 Å². The maximum Gasteiger partial charge on any atom is 0.417 e. The van der Waals surface area contributed by atoms with Gasteiger partial charge in [0.2, 0.25) is 11.8 Å². The molecule has 2 aromatic carbocycles. The zero-order chi connectivity index (χ0) is 41.2. The fourth-order valence-electron chi connectivity index (χ4n) is 8.98. The number of unbranched alkanes of at least 4 members (excludes halogenated alkanes) is 1. The van der Waals surface area contributed by atoms with E-state index in [1.807, 2.05) is 4.90 Å². The van der Waals surface area contributed by atoms with Crippen LogP contribution in [-0.4, -0.2) is 100.0 Å². The van der Waals surface area contributed by atoms with Gasteiger partial charge in [-0.1, -0.05) is 12.8 Å². The lowest BCUT2D eigenvalue weighted by molar-refractivity contribution is -0.137. The van der Waals surface area contributed by atoms with Crippen molar-refractivity contribution in [3.05, 3.63) is 53.6 Å². The summed E-state index contributed by atoms with van der Waals surface area (Å²) < 4.78 is 41.2. The third-order valence-corrected chi connectivity index (χ3v) is 12.3. The Bertz CT molecular complexity index is 1900. The summed E-state index contributed by atoms with van der Waals surface area (Å²) in [5.74, 6) is -0.214. The lowest BCUT2D eigenvalue weighted by atomic mass is 9.81. The van der Waals surface area contributed by atoms with E-state index in [0.717, 1.165) is 76.7 Å². The van der Waals surface area contributed by atoms with Gasteiger partial charge in [0, 0.05) is 55.6 Å². The normalized spacial score (nSPS) is 24.8. The second-order valence-corrected chi connectivity index (χ2v) is 16.7. The van der Waals surface area contributed by atoms with Crippen LogP contribution in [-0.2, 0) is 20.6 Å². The van der Waals surface area contributed by atoms with E-state index >= 15 is 0 Å². The molecule has 1 aliphatic carbocycles. The van der Waals surface area contributed by atoms with Gasteiger partial charge in [-0.25, -0.2) is 4.79 Å². The number of rotatable bonds is 11. The number of hydrogen-bond donors (Lipinski definition) is 2. The summed E-state index contributed by atoms with van der Waals surface area (Å²) in [5, 5.41) is 14.7. The Hall–Kier alpha value is -4.59. The topological polar surface area (TPSA) is 132 Å². The van der Waals surface area contributed by atoms with E-state index in [-0.39, 0.29) is 59.6 Å². The lowest BCUT2D eigenvalue weighted by Crippen LogP contribution is -2.58. The van der Waals surface area contributed by atoms with Crippen molar-refractivity contribution in [1.29, 1.82) is 5.26 Å². The molecule has 6 rings (SSSR count). The summed E-state index contributed by atoms with van der Waals surface area (Å²) in [4.78, 5) is 59.6. The molecule has 4 fully saturated rings. The fourth-order valence-corrected chi connectivity index (χ4v) is 9.54. The summed E-state index contributed by atoms with van der Waals surface area (Å²) in [6, 6.07) is 11.8. The molecule has 4 aliphatic rings. The number of nitrogens with zero attached hydrogens (tertiary/aromatic N) is 6. The summed E-state index contributed by atoms with van der Waals surface area (Å²) >= 11 is 5.76. The van der Waals surface area contributed by atoms with Crippen LogP contribution >= 0.6 is 12.2 Å². The summed E-state index contributed by atoms with van der Waals surface area (Å²) in [6.07, 6.45) is 2.42. The fraction of sp³-hybridized carbons (Fsp3) is 0.561. The monoisotopic (exact) mass is 808 g/mol. The van der Waals surface area contributed by atoms with Crippen molar-refractivity contribution in [3.63, 3.8) is 0 Å². The van der Waals surface area contributed by atoms with Crippen molar-refractivity contribution in [2.45, 2.75) is 109 Å². The Labute approximate surface area is 337 Å². The molecule has 0 spiro atoms. The first-order chi connectivity index (χ1) is 27.0. The van der Waals surface area contributed by atoms with Crippen LogP contribution in [0.2, 0.25) is 0 Å². The Balaban J connectivity index is 0.918. The SMILES string of the molecule is C[C@@H]1CN(CCCC[C@H]2CC[C@H](N3C(=S)N(c4ccc(C#N)c(C(F)(F)F)c4)C(=O)C3(C)C)CC2)C[C@H](C)N1CC(=O)Nc1ccc(N2CCC(=O)NC2=O)cc1. The van der Waals surface area contributed by atoms with E-state index in [9.17, 15) is 37.6 Å². The van der Waals surface area contributed by atoms with Crippen LogP contribution in [0.5, 0.6) is 0 Å². The minimum atomic E-state index is -4.75. The molecule has 2 aromatic rings. The molecule has 306 valence electrons. The average molecular weight is 809 g/mol. The van der Waals surface area contributed by atoms with Crippen molar-refractivity contribution < 1.29 is 32.3 Å². The van der Waals surface area contributed by atoms with E-state index in [2.05, 4.69) is 34.3 Å². The molecule has 0 bridgehead atoms. The highest BCUT2D eigenvalue weighted by Crippen LogP contribution is 2.41. The molecule has 5 amide bonds. The largest absolute Gasteiger partial charge is 0.417 e. The third kappa shape index (κ3) is 9.26. The van der Waals surface area contributed by atoms with Crippen molar-refractivity contribution in [1.82, 2.24) is 20.0 Å². The summed E-state index contributed by atoms with van der Waals surface area (Å²) in [7, 11) is 0. The maximum absolute atomic E-state index is 13.7. The second kappa shape index (κ2) is 17.1. The van der Waals surface area contributed by atoms with Crippen LogP contribution in [0.25, 0.3) is 0 Å². The molecule has 0 aromatic heterocycles. The highest BCUT2D eigenvalue weighted by molar-refractivity contribution is 7.80. The smallest absolute Gasteiger partial charge is 0.331 e.